The fourth-order valence-electron chi connectivity index (χ4n) is 1.38. The van der Waals surface area contributed by atoms with Crippen molar-refractivity contribution in [3.8, 4) is 18.0 Å². The van der Waals surface area contributed by atoms with Gasteiger partial charge in [0.25, 0.3) is 0 Å². The fraction of sp³-hybridized carbons (Fsp3) is 0.0833. The third-order valence-corrected chi connectivity index (χ3v) is 2.17. The molecule has 0 aliphatic heterocycles. The molecule has 0 radical (unpaired) electrons. The lowest BCUT2D eigenvalue weighted by atomic mass is 10.2. The average Bonchev–Trinajstić information content (AvgIpc) is 2.61. The zero-order chi connectivity index (χ0) is 9.97. The SMILES string of the molecule is C#Cc1cnn(-c2ccccc2)c1C. The number of benzene rings is 1. The Bertz CT molecular complexity index is 475. The third kappa shape index (κ3) is 1.29. The molecule has 0 aliphatic rings. The van der Waals surface area contributed by atoms with E-state index in [4.69, 9.17) is 6.42 Å². The van der Waals surface area contributed by atoms with Crippen molar-refractivity contribution in [1.29, 1.82) is 0 Å². The first-order valence-corrected chi connectivity index (χ1v) is 4.39. The summed E-state index contributed by atoms with van der Waals surface area (Å²) in [7, 11) is 0. The van der Waals surface area contributed by atoms with Gasteiger partial charge in [-0.25, -0.2) is 4.68 Å². The van der Waals surface area contributed by atoms with Crippen molar-refractivity contribution in [2.75, 3.05) is 0 Å². The smallest absolute Gasteiger partial charge is 0.0656 e. The molecule has 0 aliphatic carbocycles. The van der Waals surface area contributed by atoms with Crippen molar-refractivity contribution in [3.63, 3.8) is 0 Å². The van der Waals surface area contributed by atoms with Gasteiger partial charge in [0.1, 0.15) is 0 Å². The Labute approximate surface area is 83.2 Å². The predicted molar refractivity (Wildman–Crippen MR) is 56.2 cm³/mol. The quantitative estimate of drug-likeness (QED) is 0.618. The molecule has 0 spiro atoms. The Balaban J connectivity index is 2.54. The Morgan fingerprint density at radius 3 is 2.57 bits per heavy atom. The summed E-state index contributed by atoms with van der Waals surface area (Å²) in [5.41, 5.74) is 2.87. The molecule has 2 nitrogen and oxygen atoms in total. The first-order valence-electron chi connectivity index (χ1n) is 4.39. The molecule has 0 fully saturated rings. The van der Waals surface area contributed by atoms with E-state index in [1.807, 2.05) is 41.9 Å². The van der Waals surface area contributed by atoms with Gasteiger partial charge >= 0.3 is 0 Å². The monoisotopic (exact) mass is 182 g/mol. The Morgan fingerprint density at radius 2 is 2.00 bits per heavy atom. The molecule has 0 amide bonds. The molecule has 68 valence electrons. The maximum Gasteiger partial charge on any atom is 0.0656 e. The third-order valence-electron chi connectivity index (χ3n) is 2.17. The van der Waals surface area contributed by atoms with Crippen LogP contribution in [0.25, 0.3) is 5.69 Å². The summed E-state index contributed by atoms with van der Waals surface area (Å²) in [6.45, 7) is 1.97. The summed E-state index contributed by atoms with van der Waals surface area (Å²) in [6, 6.07) is 9.93. The lowest BCUT2D eigenvalue weighted by Gasteiger charge is -2.02. The van der Waals surface area contributed by atoms with Crippen LogP contribution >= 0.6 is 0 Å². The number of para-hydroxylation sites is 1. The van der Waals surface area contributed by atoms with Crippen LogP contribution in [0.3, 0.4) is 0 Å². The summed E-state index contributed by atoms with van der Waals surface area (Å²) in [5.74, 6) is 2.60. The molecule has 1 aromatic carbocycles. The highest BCUT2D eigenvalue weighted by Gasteiger charge is 2.04. The van der Waals surface area contributed by atoms with E-state index in [0.29, 0.717) is 0 Å². The van der Waals surface area contributed by atoms with Crippen LogP contribution in [0.2, 0.25) is 0 Å². The summed E-state index contributed by atoms with van der Waals surface area (Å²) in [6.07, 6.45) is 7.05. The Kier molecular flexibility index (Phi) is 2.08. The van der Waals surface area contributed by atoms with E-state index < -0.39 is 0 Å². The highest BCUT2D eigenvalue weighted by atomic mass is 15.3. The molecule has 0 bridgehead atoms. The second-order valence-electron chi connectivity index (χ2n) is 3.04. The van der Waals surface area contributed by atoms with Crippen molar-refractivity contribution >= 4 is 0 Å². The molecule has 2 rings (SSSR count). The van der Waals surface area contributed by atoms with E-state index in [2.05, 4.69) is 11.0 Å². The zero-order valence-corrected chi connectivity index (χ0v) is 7.94. The number of terminal acetylenes is 1. The van der Waals surface area contributed by atoms with E-state index in [1.165, 1.54) is 0 Å². The van der Waals surface area contributed by atoms with Crippen LogP contribution in [-0.2, 0) is 0 Å². The van der Waals surface area contributed by atoms with E-state index >= 15 is 0 Å². The molecule has 0 saturated heterocycles. The largest absolute Gasteiger partial charge is 0.237 e. The minimum absolute atomic E-state index is 0.842. The van der Waals surface area contributed by atoms with Crippen LogP contribution in [0.1, 0.15) is 11.3 Å². The topological polar surface area (TPSA) is 17.8 Å². The predicted octanol–water partition coefficient (Wildman–Crippen LogP) is 2.16. The van der Waals surface area contributed by atoms with Crippen molar-refractivity contribution < 1.29 is 0 Å². The number of rotatable bonds is 1. The van der Waals surface area contributed by atoms with E-state index in [0.717, 1.165) is 16.9 Å². The maximum absolute atomic E-state index is 5.34. The molecule has 0 unspecified atom stereocenters. The van der Waals surface area contributed by atoms with Gasteiger partial charge in [-0.3, -0.25) is 0 Å². The van der Waals surface area contributed by atoms with Crippen molar-refractivity contribution in [2.45, 2.75) is 6.92 Å². The van der Waals surface area contributed by atoms with Crippen molar-refractivity contribution in [3.05, 3.63) is 47.8 Å². The number of nitrogens with zero attached hydrogens (tertiary/aromatic N) is 2. The van der Waals surface area contributed by atoms with Gasteiger partial charge in [-0.2, -0.15) is 5.10 Å². The standard InChI is InChI=1S/C12H10N2/c1-3-11-9-13-14(10(11)2)12-7-5-4-6-8-12/h1,4-9H,2H3. The summed E-state index contributed by atoms with van der Waals surface area (Å²) < 4.78 is 1.84. The summed E-state index contributed by atoms with van der Waals surface area (Å²) in [5, 5.41) is 4.23. The normalized spacial score (nSPS) is 9.71. The Hall–Kier alpha value is -2.01. The van der Waals surface area contributed by atoms with Crippen LogP contribution < -0.4 is 0 Å². The minimum atomic E-state index is 0.842. The van der Waals surface area contributed by atoms with Crippen molar-refractivity contribution in [1.82, 2.24) is 9.78 Å². The summed E-state index contributed by atoms with van der Waals surface area (Å²) in [4.78, 5) is 0. The lowest BCUT2D eigenvalue weighted by Crippen LogP contribution is -1.98. The highest BCUT2D eigenvalue weighted by Crippen LogP contribution is 2.12. The van der Waals surface area contributed by atoms with Gasteiger partial charge in [-0.05, 0) is 19.1 Å². The van der Waals surface area contributed by atoms with Gasteiger partial charge in [-0.15, -0.1) is 6.42 Å². The molecular formula is C12H10N2. The van der Waals surface area contributed by atoms with Crippen LogP contribution in [0, 0.1) is 19.3 Å². The molecule has 14 heavy (non-hydrogen) atoms. The van der Waals surface area contributed by atoms with Crippen LogP contribution in [-0.4, -0.2) is 9.78 Å². The van der Waals surface area contributed by atoms with Gasteiger partial charge in [0, 0.05) is 0 Å². The Morgan fingerprint density at radius 1 is 1.29 bits per heavy atom. The van der Waals surface area contributed by atoms with E-state index in [-0.39, 0.29) is 0 Å². The maximum atomic E-state index is 5.34. The number of aromatic nitrogens is 2. The molecule has 0 atom stereocenters. The molecule has 0 saturated carbocycles. The zero-order valence-electron chi connectivity index (χ0n) is 7.94. The first-order chi connectivity index (χ1) is 6.83. The fourth-order valence-corrected chi connectivity index (χ4v) is 1.38. The van der Waals surface area contributed by atoms with Gasteiger partial charge in [0.05, 0.1) is 23.1 Å². The number of hydrogen-bond donors (Lipinski definition) is 0. The average molecular weight is 182 g/mol. The van der Waals surface area contributed by atoms with E-state index in [9.17, 15) is 0 Å². The molecular weight excluding hydrogens is 172 g/mol. The van der Waals surface area contributed by atoms with Crippen LogP contribution in [0.15, 0.2) is 36.5 Å². The van der Waals surface area contributed by atoms with Gasteiger partial charge in [-0.1, -0.05) is 24.1 Å². The van der Waals surface area contributed by atoms with Crippen LogP contribution in [0.4, 0.5) is 0 Å². The molecule has 2 aromatic rings. The molecule has 1 aromatic heterocycles. The highest BCUT2D eigenvalue weighted by molar-refractivity contribution is 5.40. The van der Waals surface area contributed by atoms with Gasteiger partial charge < -0.3 is 0 Å². The lowest BCUT2D eigenvalue weighted by molar-refractivity contribution is 0.847. The molecule has 2 heteroatoms. The minimum Gasteiger partial charge on any atom is -0.237 e. The van der Waals surface area contributed by atoms with Crippen LogP contribution in [0.5, 0.6) is 0 Å². The molecule has 0 N–H and O–H groups in total. The van der Waals surface area contributed by atoms with Gasteiger partial charge in [0.2, 0.25) is 0 Å². The second kappa shape index (κ2) is 3.39. The second-order valence-corrected chi connectivity index (χ2v) is 3.04. The molecule has 1 heterocycles. The first kappa shape index (κ1) is 8.58. The van der Waals surface area contributed by atoms with Gasteiger partial charge in [0.15, 0.2) is 0 Å². The van der Waals surface area contributed by atoms with Crippen molar-refractivity contribution in [2.24, 2.45) is 0 Å². The summed E-state index contributed by atoms with van der Waals surface area (Å²) >= 11 is 0. The van der Waals surface area contributed by atoms with E-state index in [1.54, 1.807) is 6.20 Å². The number of hydrogen-bond acceptors (Lipinski definition) is 1.